The van der Waals surface area contributed by atoms with Crippen LogP contribution in [-0.4, -0.2) is 15.9 Å². The van der Waals surface area contributed by atoms with Gasteiger partial charge in [0.1, 0.15) is 0 Å². The van der Waals surface area contributed by atoms with Crippen LogP contribution in [0.25, 0.3) is 22.3 Å². The number of hydrogen-bond acceptors (Lipinski definition) is 2. The Kier molecular flexibility index (Phi) is 6.19. The van der Waals surface area contributed by atoms with E-state index < -0.39 is 17.6 Å². The molecular weight excluding hydrogens is 439 g/mol. The molecule has 2 N–H and O–H groups in total. The molecule has 8 heteroatoms. The van der Waals surface area contributed by atoms with Crippen molar-refractivity contribution in [1.82, 2.24) is 9.97 Å². The van der Waals surface area contributed by atoms with Gasteiger partial charge < -0.3 is 10.3 Å². The van der Waals surface area contributed by atoms with Crippen LogP contribution < -0.4 is 5.32 Å². The first-order valence-corrected chi connectivity index (χ1v) is 10.4. The summed E-state index contributed by atoms with van der Waals surface area (Å²) in [7, 11) is 0. The molecule has 0 atom stereocenters. The summed E-state index contributed by atoms with van der Waals surface area (Å²) < 4.78 is 38.8. The van der Waals surface area contributed by atoms with E-state index in [0.717, 1.165) is 46.1 Å². The highest BCUT2D eigenvalue weighted by Crippen LogP contribution is 2.34. The number of hydrogen-bond donors (Lipinski definition) is 2. The van der Waals surface area contributed by atoms with Gasteiger partial charge in [-0.2, -0.15) is 13.2 Å². The minimum Gasteiger partial charge on any atom is -0.353 e. The number of halogens is 4. The summed E-state index contributed by atoms with van der Waals surface area (Å²) in [5, 5.41) is 3.60. The summed E-state index contributed by atoms with van der Waals surface area (Å²) in [6, 6.07) is 16.4. The topological polar surface area (TPSA) is 57.8 Å². The van der Waals surface area contributed by atoms with E-state index in [0.29, 0.717) is 12.8 Å². The van der Waals surface area contributed by atoms with Gasteiger partial charge >= 0.3 is 6.18 Å². The third kappa shape index (κ3) is 4.78. The maximum Gasteiger partial charge on any atom is 0.416 e. The normalized spacial score (nSPS) is 11.6. The van der Waals surface area contributed by atoms with E-state index in [9.17, 15) is 18.0 Å². The van der Waals surface area contributed by atoms with Gasteiger partial charge in [-0.3, -0.25) is 9.78 Å². The van der Waals surface area contributed by atoms with E-state index in [4.69, 9.17) is 11.6 Å². The molecule has 32 heavy (non-hydrogen) atoms. The Morgan fingerprint density at radius 3 is 2.59 bits per heavy atom. The molecule has 2 aromatic heterocycles. The van der Waals surface area contributed by atoms with Gasteiger partial charge in [0.05, 0.1) is 27.7 Å². The van der Waals surface area contributed by atoms with Crippen molar-refractivity contribution in [2.24, 2.45) is 0 Å². The van der Waals surface area contributed by atoms with Gasteiger partial charge in [-0.25, -0.2) is 0 Å². The highest BCUT2D eigenvalue weighted by molar-refractivity contribution is 6.33. The SMILES string of the molecule is O=C(CCCc1c(-c2ccccn2)[nH]c2ccccc12)Nc1cc(C(F)(F)F)ccc1Cl. The molecule has 0 aliphatic heterocycles. The number of carbonyl (C=O) groups is 1. The van der Waals surface area contributed by atoms with Crippen molar-refractivity contribution in [1.29, 1.82) is 0 Å². The Morgan fingerprint density at radius 2 is 1.84 bits per heavy atom. The Bertz CT molecular complexity index is 1250. The molecule has 4 nitrogen and oxygen atoms in total. The van der Waals surface area contributed by atoms with Crippen molar-refractivity contribution in [2.45, 2.75) is 25.4 Å². The number of anilines is 1. The quantitative estimate of drug-likeness (QED) is 0.332. The van der Waals surface area contributed by atoms with Gasteiger partial charge in [0.2, 0.25) is 5.91 Å². The number of fused-ring (bicyclic) bond motifs is 1. The molecule has 0 saturated carbocycles. The zero-order chi connectivity index (χ0) is 22.7. The van der Waals surface area contributed by atoms with E-state index in [2.05, 4.69) is 15.3 Å². The number of aryl methyl sites for hydroxylation is 1. The summed E-state index contributed by atoms with van der Waals surface area (Å²) >= 11 is 5.97. The number of amides is 1. The van der Waals surface area contributed by atoms with E-state index >= 15 is 0 Å². The highest BCUT2D eigenvalue weighted by Gasteiger charge is 2.31. The maximum absolute atomic E-state index is 12.9. The standard InChI is InChI=1S/C24H19ClF3N3O/c25-18-12-11-15(24(26,27)28)14-21(18)30-22(32)10-5-7-17-16-6-1-2-8-19(16)31-23(17)20-9-3-4-13-29-20/h1-4,6,8-9,11-14,31H,5,7,10H2,(H,30,32). The van der Waals surface area contributed by atoms with Crippen molar-refractivity contribution in [3.05, 3.63) is 83.0 Å². The molecule has 0 radical (unpaired) electrons. The van der Waals surface area contributed by atoms with Crippen LogP contribution in [0.3, 0.4) is 0 Å². The number of nitrogens with one attached hydrogen (secondary N) is 2. The molecule has 0 unspecified atom stereocenters. The second-order valence-electron chi connectivity index (χ2n) is 7.33. The number of rotatable bonds is 6. The van der Waals surface area contributed by atoms with Crippen LogP contribution in [0.4, 0.5) is 18.9 Å². The predicted octanol–water partition coefficient (Wildman–Crippen LogP) is 6.86. The zero-order valence-electron chi connectivity index (χ0n) is 16.8. The lowest BCUT2D eigenvalue weighted by Crippen LogP contribution is -2.13. The molecule has 0 bridgehead atoms. The molecule has 0 aliphatic carbocycles. The number of alkyl halides is 3. The fraction of sp³-hybridized carbons (Fsp3) is 0.167. The summed E-state index contributed by atoms with van der Waals surface area (Å²) in [5.74, 6) is -0.398. The molecule has 4 aromatic rings. The van der Waals surface area contributed by atoms with Gasteiger partial charge in [-0.15, -0.1) is 0 Å². The van der Waals surface area contributed by atoms with Crippen molar-refractivity contribution in [3.8, 4) is 11.4 Å². The second kappa shape index (κ2) is 9.04. The number of para-hydroxylation sites is 1. The van der Waals surface area contributed by atoms with Crippen LogP contribution in [0.5, 0.6) is 0 Å². The van der Waals surface area contributed by atoms with Crippen LogP contribution >= 0.6 is 11.6 Å². The predicted molar refractivity (Wildman–Crippen MR) is 120 cm³/mol. The third-order valence-electron chi connectivity index (χ3n) is 5.13. The van der Waals surface area contributed by atoms with Crippen molar-refractivity contribution < 1.29 is 18.0 Å². The van der Waals surface area contributed by atoms with Gasteiger partial charge in [0.15, 0.2) is 0 Å². The fourth-order valence-corrected chi connectivity index (χ4v) is 3.79. The third-order valence-corrected chi connectivity index (χ3v) is 5.46. The second-order valence-corrected chi connectivity index (χ2v) is 7.74. The first kappa shape index (κ1) is 21.9. The number of carbonyl (C=O) groups excluding carboxylic acids is 1. The molecule has 0 aliphatic rings. The molecule has 0 saturated heterocycles. The van der Waals surface area contributed by atoms with Crippen molar-refractivity contribution in [2.75, 3.05) is 5.32 Å². The van der Waals surface area contributed by atoms with Crippen LogP contribution in [0.15, 0.2) is 66.9 Å². The lowest BCUT2D eigenvalue weighted by atomic mass is 10.0. The van der Waals surface area contributed by atoms with E-state index in [1.165, 1.54) is 0 Å². The molecule has 4 rings (SSSR count). The molecule has 1 amide bonds. The largest absolute Gasteiger partial charge is 0.416 e. The van der Waals surface area contributed by atoms with Crippen molar-refractivity contribution in [3.63, 3.8) is 0 Å². The number of pyridine rings is 1. The first-order chi connectivity index (χ1) is 15.3. The summed E-state index contributed by atoms with van der Waals surface area (Å²) in [6.07, 6.45) is -1.56. The van der Waals surface area contributed by atoms with Gasteiger partial charge in [0, 0.05) is 23.5 Å². The van der Waals surface area contributed by atoms with E-state index in [-0.39, 0.29) is 17.1 Å². The number of benzene rings is 2. The average Bonchev–Trinajstić information content (AvgIpc) is 3.14. The van der Waals surface area contributed by atoms with E-state index in [1.54, 1.807) is 6.20 Å². The minimum atomic E-state index is -4.51. The summed E-state index contributed by atoms with van der Waals surface area (Å²) in [4.78, 5) is 20.2. The lowest BCUT2D eigenvalue weighted by molar-refractivity contribution is -0.137. The van der Waals surface area contributed by atoms with Crippen LogP contribution in [0.2, 0.25) is 5.02 Å². The van der Waals surface area contributed by atoms with Gasteiger partial charge in [-0.1, -0.05) is 35.9 Å². The Labute approximate surface area is 187 Å². The molecule has 164 valence electrons. The fourth-order valence-electron chi connectivity index (χ4n) is 3.62. The Hall–Kier alpha value is -3.32. The molecule has 2 heterocycles. The molecule has 0 fully saturated rings. The van der Waals surface area contributed by atoms with Crippen LogP contribution in [0.1, 0.15) is 24.0 Å². The average molecular weight is 458 g/mol. The maximum atomic E-state index is 12.9. The van der Waals surface area contributed by atoms with Crippen LogP contribution in [0, 0.1) is 0 Å². The number of aromatic amines is 1. The smallest absolute Gasteiger partial charge is 0.353 e. The lowest BCUT2D eigenvalue weighted by Gasteiger charge is -2.12. The van der Waals surface area contributed by atoms with Crippen molar-refractivity contribution >= 4 is 34.1 Å². The molecular formula is C24H19ClF3N3O. The first-order valence-electron chi connectivity index (χ1n) is 10.0. The minimum absolute atomic E-state index is 0.0484. The summed E-state index contributed by atoms with van der Waals surface area (Å²) in [5.41, 5.74) is 2.81. The van der Waals surface area contributed by atoms with Gasteiger partial charge in [0.25, 0.3) is 0 Å². The van der Waals surface area contributed by atoms with Crippen LogP contribution in [-0.2, 0) is 17.4 Å². The Balaban J connectivity index is 1.48. The van der Waals surface area contributed by atoms with E-state index in [1.807, 2.05) is 42.5 Å². The monoisotopic (exact) mass is 457 g/mol. The molecule has 0 spiro atoms. The molecule has 2 aromatic carbocycles. The summed E-state index contributed by atoms with van der Waals surface area (Å²) in [6.45, 7) is 0. The number of nitrogens with zero attached hydrogens (tertiary/aromatic N) is 1. The highest BCUT2D eigenvalue weighted by atomic mass is 35.5. The zero-order valence-corrected chi connectivity index (χ0v) is 17.6. The Morgan fingerprint density at radius 1 is 1.06 bits per heavy atom. The number of H-pyrrole nitrogens is 1. The van der Waals surface area contributed by atoms with Gasteiger partial charge in [-0.05, 0) is 54.8 Å². The number of aromatic nitrogens is 2.